The number of amides is 2. The third kappa shape index (κ3) is 3.09. The Bertz CT molecular complexity index is 561. The summed E-state index contributed by atoms with van der Waals surface area (Å²) in [6.45, 7) is 3.48. The highest BCUT2D eigenvalue weighted by molar-refractivity contribution is 5.74. The number of halogens is 1. The van der Waals surface area contributed by atoms with Crippen LogP contribution in [0.1, 0.15) is 31.7 Å². The molecule has 1 aromatic carbocycles. The Kier molecular flexibility index (Phi) is 4.08. The zero-order valence-corrected chi connectivity index (χ0v) is 12.9. The number of likely N-dealkylation sites (tertiary alicyclic amines) is 1. The molecule has 2 N–H and O–H groups in total. The summed E-state index contributed by atoms with van der Waals surface area (Å²) >= 11 is 0. The van der Waals surface area contributed by atoms with Crippen molar-refractivity contribution >= 4 is 6.03 Å². The molecule has 1 aliphatic carbocycles. The predicted octanol–water partition coefficient (Wildman–Crippen LogP) is 2.52. The van der Waals surface area contributed by atoms with Gasteiger partial charge in [0, 0.05) is 25.6 Å². The molecule has 0 bridgehead atoms. The molecule has 1 aliphatic heterocycles. The number of nitrogens with one attached hydrogen (secondary N) is 1. The molecule has 22 heavy (non-hydrogen) atoms. The number of benzene rings is 1. The van der Waals surface area contributed by atoms with Gasteiger partial charge in [0.25, 0.3) is 0 Å². The molecule has 1 saturated heterocycles. The Morgan fingerprint density at radius 3 is 2.91 bits per heavy atom. The molecule has 2 fully saturated rings. The summed E-state index contributed by atoms with van der Waals surface area (Å²) < 4.78 is 13.1. The second-order valence-electron chi connectivity index (χ2n) is 6.65. The number of rotatable bonds is 3. The third-order valence-corrected chi connectivity index (χ3v) is 5.03. The zero-order chi connectivity index (χ0) is 15.7. The third-order valence-electron chi connectivity index (χ3n) is 5.03. The van der Waals surface area contributed by atoms with Crippen molar-refractivity contribution in [1.82, 2.24) is 10.2 Å². The van der Waals surface area contributed by atoms with Crippen molar-refractivity contribution in [3.05, 3.63) is 35.6 Å². The first-order chi connectivity index (χ1) is 10.5. The number of piperidine rings is 1. The largest absolute Gasteiger partial charge is 0.389 e. The van der Waals surface area contributed by atoms with Crippen LogP contribution in [0.25, 0.3) is 0 Å². The number of urea groups is 1. The summed E-state index contributed by atoms with van der Waals surface area (Å²) in [7, 11) is 0. The van der Waals surface area contributed by atoms with Gasteiger partial charge in [-0.25, -0.2) is 9.18 Å². The maximum atomic E-state index is 13.1. The lowest BCUT2D eigenvalue weighted by atomic mass is 9.78. The quantitative estimate of drug-likeness (QED) is 0.901. The van der Waals surface area contributed by atoms with Crippen molar-refractivity contribution in [2.45, 2.75) is 38.3 Å². The standard InChI is InChI=1S/C17H23FN2O2/c1-12-11-20(8-7-17(12,22)14-5-6-14)16(21)19-10-13-3-2-4-15(18)9-13/h2-4,9,12,14,22H,5-8,10-11H2,1H3,(H,19,21)/t12-,17+/m1/s1. The summed E-state index contributed by atoms with van der Waals surface area (Å²) in [6.07, 6.45) is 2.85. The maximum Gasteiger partial charge on any atom is 0.317 e. The van der Waals surface area contributed by atoms with Crippen LogP contribution >= 0.6 is 0 Å². The number of nitrogens with zero attached hydrogens (tertiary/aromatic N) is 1. The van der Waals surface area contributed by atoms with Crippen molar-refractivity contribution < 1.29 is 14.3 Å². The van der Waals surface area contributed by atoms with Crippen LogP contribution in [0.15, 0.2) is 24.3 Å². The molecule has 0 unspecified atom stereocenters. The highest BCUT2D eigenvalue weighted by Crippen LogP contribution is 2.47. The van der Waals surface area contributed by atoms with Crippen molar-refractivity contribution in [1.29, 1.82) is 0 Å². The summed E-state index contributed by atoms with van der Waals surface area (Å²) in [5, 5.41) is 13.5. The van der Waals surface area contributed by atoms with Gasteiger partial charge in [0.1, 0.15) is 5.82 Å². The fourth-order valence-corrected chi connectivity index (χ4v) is 3.45. The zero-order valence-electron chi connectivity index (χ0n) is 12.9. The second kappa shape index (κ2) is 5.88. The van der Waals surface area contributed by atoms with E-state index in [4.69, 9.17) is 0 Å². The molecule has 2 aliphatic rings. The fraction of sp³-hybridized carbons (Fsp3) is 0.588. The van der Waals surface area contributed by atoms with Gasteiger partial charge < -0.3 is 15.3 Å². The Morgan fingerprint density at radius 2 is 2.27 bits per heavy atom. The molecule has 0 aromatic heterocycles. The van der Waals surface area contributed by atoms with Crippen LogP contribution in [-0.2, 0) is 6.54 Å². The van der Waals surface area contributed by atoms with E-state index in [1.165, 1.54) is 12.1 Å². The van der Waals surface area contributed by atoms with Gasteiger partial charge in [-0.05, 0) is 42.9 Å². The average molecular weight is 306 g/mol. The smallest absolute Gasteiger partial charge is 0.317 e. The van der Waals surface area contributed by atoms with Gasteiger partial charge in [0.2, 0.25) is 0 Å². The minimum absolute atomic E-state index is 0.0914. The molecule has 2 amide bonds. The van der Waals surface area contributed by atoms with Crippen molar-refractivity contribution in [2.24, 2.45) is 11.8 Å². The minimum atomic E-state index is -0.598. The average Bonchev–Trinajstić information content (AvgIpc) is 3.33. The molecule has 5 heteroatoms. The predicted molar refractivity (Wildman–Crippen MR) is 81.7 cm³/mol. The molecule has 0 spiro atoms. The topological polar surface area (TPSA) is 52.6 Å². The van der Waals surface area contributed by atoms with Gasteiger partial charge in [0.15, 0.2) is 0 Å². The van der Waals surface area contributed by atoms with Crippen molar-refractivity contribution in [3.8, 4) is 0 Å². The van der Waals surface area contributed by atoms with Crippen LogP contribution in [0.3, 0.4) is 0 Å². The molecule has 0 radical (unpaired) electrons. The first kappa shape index (κ1) is 15.3. The first-order valence-electron chi connectivity index (χ1n) is 7.98. The van der Waals surface area contributed by atoms with E-state index in [2.05, 4.69) is 5.32 Å². The van der Waals surface area contributed by atoms with E-state index >= 15 is 0 Å². The van der Waals surface area contributed by atoms with Crippen molar-refractivity contribution in [2.75, 3.05) is 13.1 Å². The molecular weight excluding hydrogens is 283 g/mol. The van der Waals surface area contributed by atoms with E-state index in [0.29, 0.717) is 32.0 Å². The molecule has 3 rings (SSSR count). The van der Waals surface area contributed by atoms with Gasteiger partial charge >= 0.3 is 6.03 Å². The lowest BCUT2D eigenvalue weighted by molar-refractivity contribution is -0.0733. The molecule has 2 atom stereocenters. The summed E-state index contributed by atoms with van der Waals surface area (Å²) in [6, 6.07) is 6.08. The number of carbonyl (C=O) groups is 1. The Morgan fingerprint density at radius 1 is 1.50 bits per heavy atom. The summed E-state index contributed by atoms with van der Waals surface area (Å²) in [5.74, 6) is 0.210. The molecule has 1 aromatic rings. The lowest BCUT2D eigenvalue weighted by Gasteiger charge is -2.43. The Hall–Kier alpha value is -1.62. The van der Waals surface area contributed by atoms with E-state index in [9.17, 15) is 14.3 Å². The highest BCUT2D eigenvalue weighted by Gasteiger charge is 2.50. The van der Waals surface area contributed by atoms with Gasteiger partial charge in [0.05, 0.1) is 5.60 Å². The second-order valence-corrected chi connectivity index (χ2v) is 6.65. The SMILES string of the molecule is C[C@@H]1CN(C(=O)NCc2cccc(F)c2)CC[C@@]1(O)C1CC1. The van der Waals surface area contributed by atoms with Gasteiger partial charge in [-0.2, -0.15) is 0 Å². The van der Waals surface area contributed by atoms with Crippen LogP contribution in [0.5, 0.6) is 0 Å². The molecule has 120 valence electrons. The molecular formula is C17H23FN2O2. The minimum Gasteiger partial charge on any atom is -0.389 e. The number of aliphatic hydroxyl groups is 1. The summed E-state index contributed by atoms with van der Waals surface area (Å²) in [4.78, 5) is 14.0. The number of hydrogen-bond donors (Lipinski definition) is 2. The van der Waals surface area contributed by atoms with Crippen LogP contribution in [0.4, 0.5) is 9.18 Å². The van der Waals surface area contributed by atoms with Crippen molar-refractivity contribution in [3.63, 3.8) is 0 Å². The molecule has 1 heterocycles. The van der Waals surface area contributed by atoms with Gasteiger partial charge in [-0.1, -0.05) is 19.1 Å². The Balaban J connectivity index is 1.53. The Labute approximate surface area is 130 Å². The summed E-state index contributed by atoms with van der Waals surface area (Å²) in [5.41, 5.74) is 0.146. The van der Waals surface area contributed by atoms with E-state index in [0.717, 1.165) is 18.4 Å². The van der Waals surface area contributed by atoms with Gasteiger partial charge in [-0.3, -0.25) is 0 Å². The van der Waals surface area contributed by atoms with Crippen LogP contribution in [-0.4, -0.2) is 34.7 Å². The normalized spacial score (nSPS) is 28.5. The first-order valence-corrected chi connectivity index (χ1v) is 7.98. The number of hydrogen-bond acceptors (Lipinski definition) is 2. The lowest BCUT2D eigenvalue weighted by Crippen LogP contribution is -2.55. The highest BCUT2D eigenvalue weighted by atomic mass is 19.1. The van der Waals surface area contributed by atoms with Crippen LogP contribution in [0.2, 0.25) is 0 Å². The van der Waals surface area contributed by atoms with E-state index in [1.807, 2.05) is 6.92 Å². The fourth-order valence-electron chi connectivity index (χ4n) is 3.45. The monoisotopic (exact) mass is 306 g/mol. The molecule has 4 nitrogen and oxygen atoms in total. The van der Waals surface area contributed by atoms with E-state index in [-0.39, 0.29) is 17.8 Å². The van der Waals surface area contributed by atoms with E-state index in [1.54, 1.807) is 17.0 Å². The number of carbonyl (C=O) groups excluding carboxylic acids is 1. The maximum absolute atomic E-state index is 13.1. The molecule has 1 saturated carbocycles. The van der Waals surface area contributed by atoms with Crippen LogP contribution in [0, 0.1) is 17.7 Å². The van der Waals surface area contributed by atoms with Crippen LogP contribution < -0.4 is 5.32 Å². The van der Waals surface area contributed by atoms with E-state index < -0.39 is 5.60 Å². The van der Waals surface area contributed by atoms with Gasteiger partial charge in [-0.15, -0.1) is 0 Å².